The Morgan fingerprint density at radius 2 is 1.62 bits per heavy atom. The van der Waals surface area contributed by atoms with Crippen LogP contribution in [0.3, 0.4) is 0 Å². The molecule has 1 aromatic heterocycles. The Bertz CT molecular complexity index is 796. The Morgan fingerprint density at radius 3 is 2.31 bits per heavy atom. The number of hydrogen-bond acceptors (Lipinski definition) is 3. The van der Waals surface area contributed by atoms with Gasteiger partial charge in [-0.25, -0.2) is 0 Å². The lowest BCUT2D eigenvalue weighted by atomic mass is 10.0. The maximum atomic E-state index is 4.28. The van der Waals surface area contributed by atoms with Crippen molar-refractivity contribution in [3.05, 3.63) is 89.7 Å². The minimum atomic E-state index is 0.457. The van der Waals surface area contributed by atoms with Gasteiger partial charge >= 0.3 is 0 Å². The molecule has 0 aliphatic carbocycles. The third kappa shape index (κ3) is 4.03. The molecule has 2 aromatic carbocycles. The largest absolute Gasteiger partial charge is 0.303 e. The minimum Gasteiger partial charge on any atom is -0.303 e. The molecule has 2 heterocycles. The van der Waals surface area contributed by atoms with Crippen molar-refractivity contribution in [2.45, 2.75) is 19.1 Å². The van der Waals surface area contributed by atoms with E-state index >= 15 is 0 Å². The van der Waals surface area contributed by atoms with Gasteiger partial charge in [0.25, 0.3) is 0 Å². The van der Waals surface area contributed by atoms with E-state index in [4.69, 9.17) is 0 Å². The van der Waals surface area contributed by atoms with Crippen molar-refractivity contribution in [1.29, 1.82) is 0 Å². The summed E-state index contributed by atoms with van der Waals surface area (Å²) >= 11 is 0. The fourth-order valence-corrected chi connectivity index (χ4v) is 3.70. The summed E-state index contributed by atoms with van der Waals surface area (Å²) in [6, 6.07) is 22.3. The van der Waals surface area contributed by atoms with Gasteiger partial charge in [-0.2, -0.15) is 5.10 Å². The van der Waals surface area contributed by atoms with Crippen molar-refractivity contribution in [2.24, 2.45) is 0 Å². The Morgan fingerprint density at radius 1 is 0.885 bits per heavy atom. The Balaban J connectivity index is 1.46. The van der Waals surface area contributed by atoms with Crippen molar-refractivity contribution in [3.63, 3.8) is 0 Å². The van der Waals surface area contributed by atoms with Crippen molar-refractivity contribution in [2.75, 3.05) is 26.7 Å². The normalized spacial score (nSPS) is 18.9. The lowest BCUT2D eigenvalue weighted by molar-refractivity contribution is 0.0834. The molecule has 0 radical (unpaired) electrons. The average Bonchev–Trinajstić information content (AvgIpc) is 3.18. The molecule has 0 N–H and O–H groups in total. The zero-order chi connectivity index (χ0) is 17.8. The van der Waals surface area contributed by atoms with E-state index in [0.717, 1.165) is 32.7 Å². The smallest absolute Gasteiger partial charge is 0.0659 e. The van der Waals surface area contributed by atoms with Gasteiger partial charge in [-0.3, -0.25) is 9.58 Å². The third-order valence-electron chi connectivity index (χ3n) is 5.19. The quantitative estimate of drug-likeness (QED) is 0.707. The van der Waals surface area contributed by atoms with E-state index in [9.17, 15) is 0 Å². The molecule has 0 spiro atoms. The van der Waals surface area contributed by atoms with Crippen LogP contribution in [-0.4, -0.2) is 46.3 Å². The third-order valence-corrected chi connectivity index (χ3v) is 5.19. The summed E-state index contributed by atoms with van der Waals surface area (Å²) in [6.07, 6.45) is 3.83. The Labute approximate surface area is 155 Å². The van der Waals surface area contributed by atoms with Crippen molar-refractivity contribution in [1.82, 2.24) is 19.6 Å². The fourth-order valence-electron chi connectivity index (χ4n) is 3.70. The summed E-state index contributed by atoms with van der Waals surface area (Å²) in [5.41, 5.74) is 4.07. The van der Waals surface area contributed by atoms with Crippen LogP contribution in [0.25, 0.3) is 0 Å². The first-order valence-corrected chi connectivity index (χ1v) is 9.31. The molecule has 4 nitrogen and oxygen atoms in total. The first-order valence-electron chi connectivity index (χ1n) is 9.31. The number of hydrogen-bond donors (Lipinski definition) is 0. The molecule has 0 unspecified atom stereocenters. The minimum absolute atomic E-state index is 0.457. The van der Waals surface area contributed by atoms with Gasteiger partial charge in [-0.05, 0) is 29.8 Å². The van der Waals surface area contributed by atoms with Crippen LogP contribution in [0.1, 0.15) is 22.7 Å². The summed E-state index contributed by atoms with van der Waals surface area (Å²) in [7, 11) is 2.22. The average molecular weight is 346 g/mol. The molecule has 3 aromatic rings. The highest BCUT2D eigenvalue weighted by Crippen LogP contribution is 2.26. The molecule has 1 aliphatic heterocycles. The van der Waals surface area contributed by atoms with Gasteiger partial charge in [0.15, 0.2) is 0 Å². The van der Waals surface area contributed by atoms with Crippen LogP contribution < -0.4 is 0 Å². The van der Waals surface area contributed by atoms with Gasteiger partial charge in [0, 0.05) is 44.6 Å². The van der Waals surface area contributed by atoms with Gasteiger partial charge in [-0.15, -0.1) is 0 Å². The van der Waals surface area contributed by atoms with Gasteiger partial charge < -0.3 is 4.90 Å². The van der Waals surface area contributed by atoms with Crippen molar-refractivity contribution >= 4 is 0 Å². The number of rotatable bonds is 5. The number of aromatic nitrogens is 2. The van der Waals surface area contributed by atoms with Gasteiger partial charge in [0.2, 0.25) is 0 Å². The zero-order valence-corrected chi connectivity index (χ0v) is 15.3. The Hall–Kier alpha value is -2.43. The highest BCUT2D eigenvalue weighted by Gasteiger charge is 2.26. The second-order valence-corrected chi connectivity index (χ2v) is 7.18. The molecule has 134 valence electrons. The van der Waals surface area contributed by atoms with Gasteiger partial charge in [0.05, 0.1) is 6.54 Å². The van der Waals surface area contributed by atoms with E-state index in [2.05, 4.69) is 76.5 Å². The molecule has 1 aliphatic rings. The maximum Gasteiger partial charge on any atom is 0.0659 e. The van der Waals surface area contributed by atoms with E-state index in [1.165, 1.54) is 16.7 Å². The highest BCUT2D eigenvalue weighted by atomic mass is 15.3. The van der Waals surface area contributed by atoms with Crippen LogP contribution >= 0.6 is 0 Å². The van der Waals surface area contributed by atoms with Crippen LogP contribution in [0.5, 0.6) is 0 Å². The van der Waals surface area contributed by atoms with E-state index < -0.39 is 0 Å². The van der Waals surface area contributed by atoms with Gasteiger partial charge in [-0.1, -0.05) is 54.6 Å². The standard InChI is InChI=1S/C22H26N4/c1-24-14-15-25(22(18-24)21-6-3-2-4-7-21)16-19-8-10-20(11-9-19)17-26-13-5-12-23-26/h2-13,22H,14-18H2,1H3/t22-/m1/s1. The first kappa shape index (κ1) is 17.0. The fraction of sp³-hybridized carbons (Fsp3) is 0.318. The highest BCUT2D eigenvalue weighted by molar-refractivity contribution is 5.24. The predicted octanol–water partition coefficient (Wildman–Crippen LogP) is 3.42. The number of benzene rings is 2. The van der Waals surface area contributed by atoms with E-state index in [1.807, 2.05) is 23.1 Å². The van der Waals surface area contributed by atoms with E-state index in [1.54, 1.807) is 0 Å². The first-order chi connectivity index (χ1) is 12.8. The molecule has 1 saturated heterocycles. The zero-order valence-electron chi connectivity index (χ0n) is 15.3. The van der Waals surface area contributed by atoms with Crippen LogP contribution in [-0.2, 0) is 13.1 Å². The number of nitrogens with zero attached hydrogens (tertiary/aromatic N) is 4. The topological polar surface area (TPSA) is 24.3 Å². The van der Waals surface area contributed by atoms with Crippen LogP contribution in [0.2, 0.25) is 0 Å². The summed E-state index contributed by atoms with van der Waals surface area (Å²) in [4.78, 5) is 5.04. The molecular weight excluding hydrogens is 320 g/mol. The lowest BCUT2D eigenvalue weighted by Gasteiger charge is -2.40. The number of piperazine rings is 1. The second-order valence-electron chi connectivity index (χ2n) is 7.18. The van der Waals surface area contributed by atoms with E-state index in [-0.39, 0.29) is 0 Å². The van der Waals surface area contributed by atoms with E-state index in [0.29, 0.717) is 6.04 Å². The summed E-state index contributed by atoms with van der Waals surface area (Å²) in [5, 5.41) is 4.28. The van der Waals surface area contributed by atoms with Crippen molar-refractivity contribution in [3.8, 4) is 0 Å². The second kappa shape index (κ2) is 7.85. The monoisotopic (exact) mass is 346 g/mol. The molecular formula is C22H26N4. The molecule has 1 fully saturated rings. The van der Waals surface area contributed by atoms with Crippen LogP contribution in [0, 0.1) is 0 Å². The lowest BCUT2D eigenvalue weighted by Crippen LogP contribution is -2.46. The van der Waals surface area contributed by atoms with Crippen molar-refractivity contribution < 1.29 is 0 Å². The summed E-state index contributed by atoms with van der Waals surface area (Å²) in [5.74, 6) is 0. The molecule has 0 saturated carbocycles. The molecule has 0 bridgehead atoms. The molecule has 4 rings (SSSR count). The maximum absolute atomic E-state index is 4.28. The van der Waals surface area contributed by atoms with Gasteiger partial charge in [0.1, 0.15) is 0 Å². The molecule has 4 heteroatoms. The SMILES string of the molecule is CN1CCN(Cc2ccc(Cn3cccn3)cc2)[C@@H](c2ccccc2)C1. The number of likely N-dealkylation sites (N-methyl/N-ethyl adjacent to an activating group) is 1. The molecule has 0 amide bonds. The molecule has 26 heavy (non-hydrogen) atoms. The van der Waals surface area contributed by atoms with Crippen LogP contribution in [0.4, 0.5) is 0 Å². The summed E-state index contributed by atoms with van der Waals surface area (Å²) < 4.78 is 1.96. The molecule has 1 atom stereocenters. The Kier molecular flexibility index (Phi) is 5.14. The predicted molar refractivity (Wildman–Crippen MR) is 105 cm³/mol. The summed E-state index contributed by atoms with van der Waals surface area (Å²) in [6.45, 7) is 5.14. The van der Waals surface area contributed by atoms with Crippen LogP contribution in [0.15, 0.2) is 73.1 Å².